The van der Waals surface area contributed by atoms with Crippen LogP contribution >= 0.6 is 12.2 Å². The molecular formula is C8H12F3N3OS. The number of rotatable bonds is 5. The average molecular weight is 255 g/mol. The van der Waals surface area contributed by atoms with E-state index in [-0.39, 0.29) is 13.2 Å². The molecule has 8 heteroatoms. The topological polar surface area (TPSA) is 42.8 Å². The summed E-state index contributed by atoms with van der Waals surface area (Å²) in [5.74, 6) is 0.709. The monoisotopic (exact) mass is 255 g/mol. The molecule has 0 bridgehead atoms. The van der Waals surface area contributed by atoms with Gasteiger partial charge in [0, 0.05) is 6.42 Å². The zero-order chi connectivity index (χ0) is 12.2. The van der Waals surface area contributed by atoms with Gasteiger partial charge in [0.15, 0.2) is 4.77 Å². The summed E-state index contributed by atoms with van der Waals surface area (Å²) in [4.78, 5) is 0. The van der Waals surface area contributed by atoms with Crippen LogP contribution in [0.2, 0.25) is 0 Å². The van der Waals surface area contributed by atoms with Crippen molar-refractivity contribution in [1.82, 2.24) is 14.8 Å². The Kier molecular flexibility index (Phi) is 4.48. The number of aryl methyl sites for hydroxylation is 1. The van der Waals surface area contributed by atoms with Gasteiger partial charge in [0.05, 0.1) is 13.2 Å². The summed E-state index contributed by atoms with van der Waals surface area (Å²) in [6.07, 6.45) is -3.63. The number of hydrogen-bond acceptors (Lipinski definition) is 3. The van der Waals surface area contributed by atoms with Crippen molar-refractivity contribution in [2.45, 2.75) is 26.1 Å². The summed E-state index contributed by atoms with van der Waals surface area (Å²) in [5, 5.41) is 6.51. The van der Waals surface area contributed by atoms with E-state index in [9.17, 15) is 13.2 Å². The highest BCUT2D eigenvalue weighted by molar-refractivity contribution is 7.71. The molecule has 1 aromatic rings. The number of aromatic amines is 1. The van der Waals surface area contributed by atoms with E-state index in [1.807, 2.05) is 6.92 Å². The lowest BCUT2D eigenvalue weighted by molar-refractivity contribution is -0.174. The number of nitrogens with zero attached hydrogens (tertiary/aromatic N) is 2. The Hall–Kier alpha value is -0.890. The molecule has 1 rings (SSSR count). The summed E-state index contributed by atoms with van der Waals surface area (Å²) in [6.45, 7) is 0.882. The van der Waals surface area contributed by atoms with Crippen molar-refractivity contribution in [2.75, 3.05) is 13.2 Å². The maximum Gasteiger partial charge on any atom is 0.411 e. The van der Waals surface area contributed by atoms with E-state index < -0.39 is 12.8 Å². The molecule has 16 heavy (non-hydrogen) atoms. The SMILES string of the molecule is CCc1n[nH]c(=S)n1CCOCC(F)(F)F. The second-order valence-electron chi connectivity index (χ2n) is 3.12. The molecule has 0 aliphatic heterocycles. The van der Waals surface area contributed by atoms with E-state index in [4.69, 9.17) is 12.2 Å². The van der Waals surface area contributed by atoms with Crippen molar-refractivity contribution in [1.29, 1.82) is 0 Å². The van der Waals surface area contributed by atoms with Crippen LogP contribution in [0.15, 0.2) is 0 Å². The average Bonchev–Trinajstić information content (AvgIpc) is 2.53. The molecule has 0 saturated heterocycles. The minimum Gasteiger partial charge on any atom is -0.370 e. The molecule has 0 spiro atoms. The fourth-order valence-corrected chi connectivity index (χ4v) is 1.44. The number of alkyl halides is 3. The highest BCUT2D eigenvalue weighted by Crippen LogP contribution is 2.14. The Morgan fingerprint density at radius 1 is 1.50 bits per heavy atom. The van der Waals surface area contributed by atoms with Crippen LogP contribution < -0.4 is 0 Å². The highest BCUT2D eigenvalue weighted by Gasteiger charge is 2.27. The van der Waals surface area contributed by atoms with Crippen LogP contribution in [0, 0.1) is 4.77 Å². The zero-order valence-corrected chi connectivity index (χ0v) is 9.49. The van der Waals surface area contributed by atoms with E-state index in [1.54, 1.807) is 4.57 Å². The molecule has 0 fully saturated rings. The Bertz CT molecular complexity index is 385. The van der Waals surface area contributed by atoms with Crippen LogP contribution in [0.25, 0.3) is 0 Å². The normalized spacial score (nSPS) is 12.0. The number of aromatic nitrogens is 3. The standard InChI is InChI=1S/C8H12F3N3OS/c1-2-6-12-13-7(16)14(6)3-4-15-5-8(9,10)11/h2-5H2,1H3,(H,13,16). The fraction of sp³-hybridized carbons (Fsp3) is 0.750. The first kappa shape index (κ1) is 13.2. The number of halogens is 3. The maximum atomic E-state index is 11.8. The van der Waals surface area contributed by atoms with E-state index >= 15 is 0 Å². The van der Waals surface area contributed by atoms with Gasteiger partial charge in [0.1, 0.15) is 12.4 Å². The third kappa shape index (κ3) is 3.93. The number of ether oxygens (including phenoxy) is 1. The third-order valence-electron chi connectivity index (χ3n) is 1.88. The van der Waals surface area contributed by atoms with E-state index in [0.717, 1.165) is 0 Å². The largest absolute Gasteiger partial charge is 0.411 e. The molecule has 0 amide bonds. The molecule has 0 atom stereocenters. The van der Waals surface area contributed by atoms with E-state index in [0.29, 0.717) is 17.0 Å². The molecule has 0 radical (unpaired) electrons. The Labute approximate surface area is 95.4 Å². The van der Waals surface area contributed by atoms with Crippen LogP contribution in [-0.2, 0) is 17.7 Å². The van der Waals surface area contributed by atoms with E-state index in [1.165, 1.54) is 0 Å². The van der Waals surface area contributed by atoms with Crippen LogP contribution in [0.3, 0.4) is 0 Å². The van der Waals surface area contributed by atoms with Crippen molar-refractivity contribution in [3.63, 3.8) is 0 Å². The second kappa shape index (κ2) is 5.44. The Morgan fingerprint density at radius 2 is 2.19 bits per heavy atom. The van der Waals surface area contributed by atoms with Crippen molar-refractivity contribution in [3.8, 4) is 0 Å². The molecule has 1 heterocycles. The Balaban J connectivity index is 2.43. The molecule has 92 valence electrons. The first-order valence-corrected chi connectivity index (χ1v) is 5.13. The van der Waals surface area contributed by atoms with Crippen LogP contribution in [-0.4, -0.2) is 34.2 Å². The van der Waals surface area contributed by atoms with Crippen molar-refractivity contribution < 1.29 is 17.9 Å². The Morgan fingerprint density at radius 3 is 2.75 bits per heavy atom. The van der Waals surface area contributed by atoms with E-state index in [2.05, 4.69) is 14.9 Å². The van der Waals surface area contributed by atoms with Gasteiger partial charge in [-0.1, -0.05) is 6.92 Å². The molecule has 0 unspecified atom stereocenters. The summed E-state index contributed by atoms with van der Waals surface area (Å²) >= 11 is 4.93. The van der Waals surface area contributed by atoms with Gasteiger partial charge in [-0.05, 0) is 12.2 Å². The molecular weight excluding hydrogens is 243 g/mol. The van der Waals surface area contributed by atoms with Gasteiger partial charge in [-0.3, -0.25) is 5.10 Å². The molecule has 0 aliphatic carbocycles. The molecule has 0 saturated carbocycles. The quantitative estimate of drug-likeness (QED) is 0.647. The fourth-order valence-electron chi connectivity index (χ4n) is 1.19. The first-order chi connectivity index (χ1) is 7.44. The zero-order valence-electron chi connectivity index (χ0n) is 8.67. The summed E-state index contributed by atoms with van der Waals surface area (Å²) < 4.78 is 41.8. The second-order valence-corrected chi connectivity index (χ2v) is 3.50. The lowest BCUT2D eigenvalue weighted by Crippen LogP contribution is -2.19. The predicted molar refractivity (Wildman–Crippen MR) is 53.7 cm³/mol. The van der Waals surface area contributed by atoms with Gasteiger partial charge >= 0.3 is 6.18 Å². The predicted octanol–water partition coefficient (Wildman–Crippen LogP) is 2.08. The molecule has 1 aromatic heterocycles. The van der Waals surface area contributed by atoms with Gasteiger partial charge in [-0.2, -0.15) is 18.3 Å². The molecule has 0 aliphatic rings. The smallest absolute Gasteiger partial charge is 0.370 e. The van der Waals surface area contributed by atoms with Crippen molar-refractivity contribution in [2.24, 2.45) is 0 Å². The highest BCUT2D eigenvalue weighted by atomic mass is 32.1. The van der Waals surface area contributed by atoms with Gasteiger partial charge < -0.3 is 9.30 Å². The lowest BCUT2D eigenvalue weighted by Gasteiger charge is -2.08. The van der Waals surface area contributed by atoms with Crippen LogP contribution in [0.5, 0.6) is 0 Å². The van der Waals surface area contributed by atoms with Gasteiger partial charge in [-0.25, -0.2) is 0 Å². The molecule has 4 nitrogen and oxygen atoms in total. The summed E-state index contributed by atoms with van der Waals surface area (Å²) in [6, 6.07) is 0. The lowest BCUT2D eigenvalue weighted by atomic mass is 10.4. The first-order valence-electron chi connectivity index (χ1n) is 4.72. The number of H-pyrrole nitrogens is 1. The molecule has 0 aromatic carbocycles. The van der Waals surface area contributed by atoms with Gasteiger partial charge in [-0.15, -0.1) is 0 Å². The minimum atomic E-state index is -4.29. The third-order valence-corrected chi connectivity index (χ3v) is 2.19. The molecule has 1 N–H and O–H groups in total. The summed E-state index contributed by atoms with van der Waals surface area (Å²) in [5.41, 5.74) is 0. The van der Waals surface area contributed by atoms with Crippen molar-refractivity contribution in [3.05, 3.63) is 10.6 Å². The maximum absolute atomic E-state index is 11.8. The number of hydrogen-bond donors (Lipinski definition) is 1. The van der Waals surface area contributed by atoms with Crippen molar-refractivity contribution >= 4 is 12.2 Å². The summed E-state index contributed by atoms with van der Waals surface area (Å²) in [7, 11) is 0. The number of nitrogens with one attached hydrogen (secondary N) is 1. The van der Waals surface area contributed by atoms with Crippen LogP contribution in [0.4, 0.5) is 13.2 Å². The van der Waals surface area contributed by atoms with Crippen LogP contribution in [0.1, 0.15) is 12.7 Å². The van der Waals surface area contributed by atoms with Gasteiger partial charge in [0.2, 0.25) is 0 Å². The van der Waals surface area contributed by atoms with Gasteiger partial charge in [0.25, 0.3) is 0 Å². The minimum absolute atomic E-state index is 0.0413.